The van der Waals surface area contributed by atoms with Gasteiger partial charge in [-0.1, -0.05) is 41.9 Å². The highest BCUT2D eigenvalue weighted by Crippen LogP contribution is 2.32. The van der Waals surface area contributed by atoms with Gasteiger partial charge in [0.1, 0.15) is 0 Å². The van der Waals surface area contributed by atoms with Crippen LogP contribution in [0.5, 0.6) is 0 Å². The second kappa shape index (κ2) is 4.93. The minimum absolute atomic E-state index is 0.145. The van der Waals surface area contributed by atoms with E-state index in [1.165, 1.54) is 11.1 Å². The molecule has 1 aliphatic heterocycles. The van der Waals surface area contributed by atoms with E-state index in [1.54, 1.807) is 0 Å². The molecule has 3 rings (SSSR count). The minimum Gasteiger partial charge on any atom is -0.372 e. The Balaban J connectivity index is 1.92. The Labute approximate surface area is 116 Å². The standard InChI is InChI=1S/C15H12Cl2O/c16-14-5-3-10(4-6-14)15(17)11-1-2-12-8-18-9-13(12)7-11/h1-7,15H,8-9H2. The molecule has 0 saturated carbocycles. The lowest BCUT2D eigenvalue weighted by Gasteiger charge is -2.11. The monoisotopic (exact) mass is 278 g/mol. The Hall–Kier alpha value is -1.02. The zero-order valence-electron chi connectivity index (χ0n) is 9.70. The van der Waals surface area contributed by atoms with Gasteiger partial charge in [-0.25, -0.2) is 0 Å². The van der Waals surface area contributed by atoms with Crippen molar-refractivity contribution < 1.29 is 4.74 Å². The highest BCUT2D eigenvalue weighted by atomic mass is 35.5. The van der Waals surface area contributed by atoms with E-state index in [0.717, 1.165) is 16.1 Å². The number of hydrogen-bond donors (Lipinski definition) is 0. The fourth-order valence-electron chi connectivity index (χ4n) is 2.17. The van der Waals surface area contributed by atoms with Crippen LogP contribution in [0.3, 0.4) is 0 Å². The van der Waals surface area contributed by atoms with Crippen LogP contribution < -0.4 is 0 Å². The van der Waals surface area contributed by atoms with Gasteiger partial charge < -0.3 is 4.74 Å². The maximum atomic E-state index is 6.50. The lowest BCUT2D eigenvalue weighted by atomic mass is 10.0. The van der Waals surface area contributed by atoms with Gasteiger partial charge in [-0.2, -0.15) is 0 Å². The summed E-state index contributed by atoms with van der Waals surface area (Å²) in [4.78, 5) is 0. The summed E-state index contributed by atoms with van der Waals surface area (Å²) in [6, 6.07) is 14.0. The molecule has 3 heteroatoms. The zero-order chi connectivity index (χ0) is 12.5. The number of halogens is 2. The predicted octanol–water partition coefficient (Wildman–Crippen LogP) is 4.70. The Morgan fingerprint density at radius 1 is 0.889 bits per heavy atom. The molecule has 2 aromatic carbocycles. The fraction of sp³-hybridized carbons (Fsp3) is 0.200. The van der Waals surface area contributed by atoms with Crippen LogP contribution in [0.4, 0.5) is 0 Å². The van der Waals surface area contributed by atoms with Crippen LogP contribution in [0, 0.1) is 0 Å². The number of benzene rings is 2. The molecule has 1 nitrogen and oxygen atoms in total. The molecule has 0 bridgehead atoms. The van der Waals surface area contributed by atoms with Crippen molar-refractivity contribution in [1.82, 2.24) is 0 Å². The van der Waals surface area contributed by atoms with Crippen molar-refractivity contribution in [3.05, 3.63) is 69.7 Å². The maximum absolute atomic E-state index is 6.50. The van der Waals surface area contributed by atoms with Crippen molar-refractivity contribution in [2.75, 3.05) is 0 Å². The third kappa shape index (κ3) is 2.26. The molecule has 0 saturated heterocycles. The summed E-state index contributed by atoms with van der Waals surface area (Å²) in [5.41, 5.74) is 4.66. The van der Waals surface area contributed by atoms with Gasteiger partial charge in [0.25, 0.3) is 0 Å². The summed E-state index contributed by atoms with van der Waals surface area (Å²) in [5, 5.41) is 0.582. The molecule has 1 aliphatic rings. The SMILES string of the molecule is Clc1ccc(C(Cl)c2ccc3c(c2)COC3)cc1. The van der Waals surface area contributed by atoms with Gasteiger partial charge in [0.2, 0.25) is 0 Å². The first-order valence-corrected chi connectivity index (χ1v) is 6.64. The summed E-state index contributed by atoms with van der Waals surface area (Å²) in [7, 11) is 0. The molecule has 1 heterocycles. The van der Waals surface area contributed by atoms with Crippen LogP contribution >= 0.6 is 23.2 Å². The topological polar surface area (TPSA) is 9.23 Å². The van der Waals surface area contributed by atoms with Gasteiger partial charge in [-0.05, 0) is 34.4 Å². The first-order chi connectivity index (χ1) is 8.74. The smallest absolute Gasteiger partial charge is 0.0835 e. The summed E-state index contributed by atoms with van der Waals surface area (Å²) in [5.74, 6) is 0. The number of hydrogen-bond acceptors (Lipinski definition) is 1. The average molecular weight is 279 g/mol. The van der Waals surface area contributed by atoms with Crippen molar-refractivity contribution in [3.63, 3.8) is 0 Å². The average Bonchev–Trinajstić information content (AvgIpc) is 2.86. The Bertz CT molecular complexity index is 563. The maximum Gasteiger partial charge on any atom is 0.0835 e. The van der Waals surface area contributed by atoms with Gasteiger partial charge in [0, 0.05) is 5.02 Å². The summed E-state index contributed by atoms with van der Waals surface area (Å²) in [6.07, 6.45) is 0. The van der Waals surface area contributed by atoms with E-state index >= 15 is 0 Å². The Morgan fingerprint density at radius 3 is 2.33 bits per heavy atom. The highest BCUT2D eigenvalue weighted by Gasteiger charge is 2.16. The quantitative estimate of drug-likeness (QED) is 0.724. The van der Waals surface area contributed by atoms with E-state index in [-0.39, 0.29) is 5.38 Å². The van der Waals surface area contributed by atoms with Crippen molar-refractivity contribution in [2.24, 2.45) is 0 Å². The first kappa shape index (κ1) is 12.0. The normalized spacial score (nSPS) is 15.4. The van der Waals surface area contributed by atoms with Crippen LogP contribution in [0.1, 0.15) is 27.6 Å². The molecule has 92 valence electrons. The molecule has 0 amide bonds. The van der Waals surface area contributed by atoms with E-state index in [4.69, 9.17) is 27.9 Å². The molecule has 0 fully saturated rings. The summed E-state index contributed by atoms with van der Waals surface area (Å²) < 4.78 is 5.41. The zero-order valence-corrected chi connectivity index (χ0v) is 11.2. The molecule has 0 aliphatic carbocycles. The summed E-state index contributed by atoms with van der Waals surface area (Å²) >= 11 is 12.4. The van der Waals surface area contributed by atoms with Crippen LogP contribution in [0.2, 0.25) is 5.02 Å². The molecule has 1 atom stereocenters. The highest BCUT2D eigenvalue weighted by molar-refractivity contribution is 6.30. The molecule has 0 radical (unpaired) electrons. The van der Waals surface area contributed by atoms with E-state index in [1.807, 2.05) is 24.3 Å². The lowest BCUT2D eigenvalue weighted by Crippen LogP contribution is -1.95. The van der Waals surface area contributed by atoms with Crippen LogP contribution in [0.15, 0.2) is 42.5 Å². The number of ether oxygens (including phenoxy) is 1. The number of alkyl halides is 1. The van der Waals surface area contributed by atoms with Gasteiger partial charge in [-0.15, -0.1) is 11.6 Å². The predicted molar refractivity (Wildman–Crippen MR) is 74.1 cm³/mol. The van der Waals surface area contributed by atoms with E-state index in [2.05, 4.69) is 18.2 Å². The largest absolute Gasteiger partial charge is 0.372 e. The Kier molecular flexibility index (Phi) is 3.29. The summed E-state index contributed by atoms with van der Waals surface area (Å²) in [6.45, 7) is 1.40. The molecule has 0 spiro atoms. The van der Waals surface area contributed by atoms with Gasteiger partial charge in [0.15, 0.2) is 0 Å². The van der Waals surface area contributed by atoms with Crippen molar-refractivity contribution in [2.45, 2.75) is 18.6 Å². The lowest BCUT2D eigenvalue weighted by molar-refractivity contribution is 0.134. The number of fused-ring (bicyclic) bond motifs is 1. The molecule has 0 aromatic heterocycles. The third-order valence-corrected chi connectivity index (χ3v) is 3.96. The molecule has 1 unspecified atom stereocenters. The van der Waals surface area contributed by atoms with Crippen molar-refractivity contribution in [3.8, 4) is 0 Å². The van der Waals surface area contributed by atoms with Crippen LogP contribution in [-0.4, -0.2) is 0 Å². The first-order valence-electron chi connectivity index (χ1n) is 5.83. The molecular weight excluding hydrogens is 267 g/mol. The van der Waals surface area contributed by atoms with Crippen molar-refractivity contribution >= 4 is 23.2 Å². The van der Waals surface area contributed by atoms with E-state index in [9.17, 15) is 0 Å². The van der Waals surface area contributed by atoms with E-state index in [0.29, 0.717) is 13.2 Å². The van der Waals surface area contributed by atoms with Crippen LogP contribution in [-0.2, 0) is 18.0 Å². The molecule has 18 heavy (non-hydrogen) atoms. The minimum atomic E-state index is -0.145. The van der Waals surface area contributed by atoms with Crippen molar-refractivity contribution in [1.29, 1.82) is 0 Å². The molecule has 0 N–H and O–H groups in total. The van der Waals surface area contributed by atoms with Crippen LogP contribution in [0.25, 0.3) is 0 Å². The third-order valence-electron chi connectivity index (χ3n) is 3.20. The number of rotatable bonds is 2. The van der Waals surface area contributed by atoms with E-state index < -0.39 is 0 Å². The van der Waals surface area contributed by atoms with Gasteiger partial charge in [-0.3, -0.25) is 0 Å². The second-order valence-electron chi connectivity index (χ2n) is 4.44. The van der Waals surface area contributed by atoms with Gasteiger partial charge in [0.05, 0.1) is 18.6 Å². The van der Waals surface area contributed by atoms with Gasteiger partial charge >= 0.3 is 0 Å². The molecule has 2 aromatic rings. The Morgan fingerprint density at radius 2 is 1.56 bits per heavy atom. The fourth-order valence-corrected chi connectivity index (χ4v) is 2.58. The second-order valence-corrected chi connectivity index (χ2v) is 5.31. The molecular formula is C15H12Cl2O.